The molecule has 0 atom stereocenters. The first-order valence-corrected chi connectivity index (χ1v) is 5.70. The first-order valence-electron chi connectivity index (χ1n) is 5.29. The summed E-state index contributed by atoms with van der Waals surface area (Å²) in [5, 5.41) is 11.6. The second-order valence-corrected chi connectivity index (χ2v) is 4.15. The van der Waals surface area contributed by atoms with Crippen molar-refractivity contribution in [3.8, 4) is 0 Å². The minimum Gasteiger partial charge on any atom is -0.267 e. The van der Waals surface area contributed by atoms with E-state index in [-0.39, 0.29) is 10.7 Å². The van der Waals surface area contributed by atoms with Crippen LogP contribution in [0.5, 0.6) is 0 Å². The Bertz CT molecular complexity index is 790. The smallest absolute Gasteiger partial charge is 0.267 e. The number of rotatable bonds is 1. The number of H-pyrrole nitrogens is 1. The lowest BCUT2D eigenvalue weighted by molar-refractivity contribution is 0.0941. The largest absolute Gasteiger partial charge is 0.280 e. The number of aromatic amines is 1. The molecule has 1 N–H and O–H groups in total. The zero-order valence-corrected chi connectivity index (χ0v) is 10.0. The van der Waals surface area contributed by atoms with Crippen LogP contribution in [0.3, 0.4) is 0 Å². The molecule has 3 rings (SSSR count). The number of carbonyl (C=O) groups excluding carboxylic acids is 1. The van der Waals surface area contributed by atoms with Gasteiger partial charge in [0.05, 0.1) is 0 Å². The van der Waals surface area contributed by atoms with Gasteiger partial charge in [0.25, 0.3) is 5.91 Å². The van der Waals surface area contributed by atoms with Gasteiger partial charge in [-0.25, -0.2) is 0 Å². The number of aromatic nitrogens is 4. The average Bonchev–Trinajstić information content (AvgIpc) is 2.83. The van der Waals surface area contributed by atoms with Crippen LogP contribution < -0.4 is 0 Å². The van der Waals surface area contributed by atoms with Gasteiger partial charge in [-0.05, 0) is 35.1 Å². The minimum absolute atomic E-state index is 0.119. The van der Waals surface area contributed by atoms with Gasteiger partial charge < -0.3 is 0 Å². The maximum Gasteiger partial charge on any atom is 0.280 e. The fraction of sp³-hybridized carbons (Fsp3) is 0. The molecule has 0 unspecified atom stereocenters. The standard InChI is InChI=1S/C12H8N4OS/c17-11(16-12(18)13-14-15-16)10-6-5-8-3-1-2-4-9(8)7-10/h1-7H,(H,13,15,18). The van der Waals surface area contributed by atoms with Crippen LogP contribution in [-0.4, -0.2) is 26.1 Å². The number of nitrogens with zero attached hydrogens (tertiary/aromatic N) is 3. The van der Waals surface area contributed by atoms with Crippen molar-refractivity contribution >= 4 is 28.9 Å². The van der Waals surface area contributed by atoms with Gasteiger partial charge in [-0.1, -0.05) is 40.6 Å². The lowest BCUT2D eigenvalue weighted by Crippen LogP contribution is -2.13. The summed E-state index contributed by atoms with van der Waals surface area (Å²) in [7, 11) is 0. The molecule has 6 heteroatoms. The summed E-state index contributed by atoms with van der Waals surface area (Å²) in [6, 6.07) is 13.3. The molecule has 3 aromatic rings. The Hall–Kier alpha value is -2.34. The lowest BCUT2D eigenvalue weighted by atomic mass is 10.1. The van der Waals surface area contributed by atoms with Crippen LogP contribution in [0.4, 0.5) is 0 Å². The second kappa shape index (κ2) is 4.15. The van der Waals surface area contributed by atoms with Crippen LogP contribution in [0, 0.1) is 4.77 Å². The molecule has 88 valence electrons. The van der Waals surface area contributed by atoms with Gasteiger partial charge in [0.1, 0.15) is 0 Å². The number of tetrazole rings is 1. The zero-order chi connectivity index (χ0) is 12.5. The van der Waals surface area contributed by atoms with Crippen molar-refractivity contribution in [1.29, 1.82) is 0 Å². The first kappa shape index (κ1) is 10.8. The van der Waals surface area contributed by atoms with Gasteiger partial charge in [-0.2, -0.15) is 9.90 Å². The SMILES string of the molecule is O=C(c1ccc2ccccc2c1)n1[nH]nnc1=S. The Balaban J connectivity index is 2.13. The topological polar surface area (TPSA) is 63.6 Å². The van der Waals surface area contributed by atoms with E-state index in [0.717, 1.165) is 15.5 Å². The predicted molar refractivity (Wildman–Crippen MR) is 68.9 cm³/mol. The third-order valence-electron chi connectivity index (χ3n) is 2.67. The van der Waals surface area contributed by atoms with Crippen LogP contribution in [-0.2, 0) is 0 Å². The number of hydrogen-bond acceptors (Lipinski definition) is 4. The van der Waals surface area contributed by atoms with Crippen LogP contribution in [0.15, 0.2) is 42.5 Å². The zero-order valence-electron chi connectivity index (χ0n) is 9.20. The van der Waals surface area contributed by atoms with Crippen LogP contribution in [0.25, 0.3) is 10.8 Å². The molecule has 0 saturated heterocycles. The van der Waals surface area contributed by atoms with E-state index in [2.05, 4.69) is 15.5 Å². The van der Waals surface area contributed by atoms with E-state index in [1.807, 2.05) is 36.4 Å². The molecular formula is C12H8N4OS. The number of fused-ring (bicyclic) bond motifs is 1. The maximum absolute atomic E-state index is 12.2. The normalized spacial score (nSPS) is 10.7. The van der Waals surface area contributed by atoms with Crippen molar-refractivity contribution in [3.05, 3.63) is 52.8 Å². The molecule has 0 bridgehead atoms. The summed E-state index contributed by atoms with van der Waals surface area (Å²) < 4.78 is 1.26. The molecule has 1 heterocycles. The molecule has 18 heavy (non-hydrogen) atoms. The molecule has 1 aromatic heterocycles. The van der Waals surface area contributed by atoms with Crippen LogP contribution in [0.2, 0.25) is 0 Å². The van der Waals surface area contributed by atoms with E-state index in [1.54, 1.807) is 6.07 Å². The molecule has 0 aliphatic rings. The van der Waals surface area contributed by atoms with E-state index >= 15 is 0 Å². The number of carbonyl (C=O) groups is 1. The number of benzene rings is 2. The monoisotopic (exact) mass is 256 g/mol. The molecule has 0 fully saturated rings. The molecule has 0 aliphatic carbocycles. The van der Waals surface area contributed by atoms with Crippen molar-refractivity contribution < 1.29 is 4.79 Å². The Morgan fingerprint density at radius 1 is 1.17 bits per heavy atom. The van der Waals surface area contributed by atoms with Gasteiger partial charge in [-0.3, -0.25) is 4.79 Å². The summed E-state index contributed by atoms with van der Waals surface area (Å²) in [6.07, 6.45) is 0. The van der Waals surface area contributed by atoms with Crippen molar-refractivity contribution in [2.45, 2.75) is 0 Å². The Labute approximate surface area is 107 Å². The van der Waals surface area contributed by atoms with Gasteiger partial charge >= 0.3 is 0 Å². The molecular weight excluding hydrogens is 248 g/mol. The highest BCUT2D eigenvalue weighted by Gasteiger charge is 2.10. The quantitative estimate of drug-likeness (QED) is 0.535. The van der Waals surface area contributed by atoms with Crippen molar-refractivity contribution in [3.63, 3.8) is 0 Å². The Morgan fingerprint density at radius 2 is 1.94 bits per heavy atom. The van der Waals surface area contributed by atoms with Crippen molar-refractivity contribution in [1.82, 2.24) is 20.2 Å². The highest BCUT2D eigenvalue weighted by atomic mass is 32.1. The fourth-order valence-electron chi connectivity index (χ4n) is 1.78. The summed E-state index contributed by atoms with van der Waals surface area (Å²) in [6.45, 7) is 0. The summed E-state index contributed by atoms with van der Waals surface area (Å²) in [4.78, 5) is 12.2. The average molecular weight is 256 g/mol. The van der Waals surface area contributed by atoms with Crippen LogP contribution in [0.1, 0.15) is 10.4 Å². The van der Waals surface area contributed by atoms with Gasteiger partial charge in [-0.15, -0.1) is 0 Å². The van der Waals surface area contributed by atoms with E-state index in [9.17, 15) is 4.79 Å². The van der Waals surface area contributed by atoms with Gasteiger partial charge in [0, 0.05) is 5.56 Å². The highest BCUT2D eigenvalue weighted by Crippen LogP contribution is 2.16. The fourth-order valence-corrected chi connectivity index (χ4v) is 1.95. The second-order valence-electron chi connectivity index (χ2n) is 3.79. The molecule has 0 amide bonds. The molecule has 0 saturated carbocycles. The molecule has 2 aromatic carbocycles. The van der Waals surface area contributed by atoms with Gasteiger partial charge in [0.2, 0.25) is 4.77 Å². The lowest BCUT2D eigenvalue weighted by Gasteiger charge is -2.02. The van der Waals surface area contributed by atoms with E-state index in [0.29, 0.717) is 5.56 Å². The van der Waals surface area contributed by atoms with E-state index < -0.39 is 0 Å². The highest BCUT2D eigenvalue weighted by molar-refractivity contribution is 7.71. The molecule has 0 radical (unpaired) electrons. The number of hydrogen-bond donors (Lipinski definition) is 1. The summed E-state index contributed by atoms with van der Waals surface area (Å²) >= 11 is 4.89. The van der Waals surface area contributed by atoms with E-state index in [4.69, 9.17) is 12.2 Å². The molecule has 5 nitrogen and oxygen atoms in total. The Kier molecular flexibility index (Phi) is 2.49. The Morgan fingerprint density at radius 3 is 2.67 bits per heavy atom. The van der Waals surface area contributed by atoms with Crippen molar-refractivity contribution in [2.24, 2.45) is 0 Å². The number of nitrogens with one attached hydrogen (secondary N) is 1. The van der Waals surface area contributed by atoms with Crippen molar-refractivity contribution in [2.75, 3.05) is 0 Å². The summed E-state index contributed by atoms with van der Waals surface area (Å²) in [5.41, 5.74) is 0.538. The summed E-state index contributed by atoms with van der Waals surface area (Å²) in [5.74, 6) is -0.268. The first-order chi connectivity index (χ1) is 8.75. The third kappa shape index (κ3) is 1.72. The maximum atomic E-state index is 12.2. The minimum atomic E-state index is -0.268. The van der Waals surface area contributed by atoms with Crippen LogP contribution >= 0.6 is 12.2 Å². The van der Waals surface area contributed by atoms with E-state index in [1.165, 1.54) is 0 Å². The third-order valence-corrected chi connectivity index (χ3v) is 2.94. The van der Waals surface area contributed by atoms with Gasteiger partial charge in [0.15, 0.2) is 0 Å². The predicted octanol–water partition coefficient (Wildman–Crippen LogP) is 2.18. The molecule has 0 aliphatic heterocycles. The molecule has 0 spiro atoms.